The van der Waals surface area contributed by atoms with Gasteiger partial charge in [0.25, 0.3) is 5.91 Å². The maximum absolute atomic E-state index is 13.8. The van der Waals surface area contributed by atoms with Crippen LogP contribution in [0.1, 0.15) is 16.8 Å². The minimum absolute atomic E-state index is 0.0100. The van der Waals surface area contributed by atoms with Gasteiger partial charge in [0, 0.05) is 37.2 Å². The number of aliphatic hydroxyl groups is 1. The van der Waals surface area contributed by atoms with Crippen molar-refractivity contribution in [2.24, 2.45) is 0 Å². The fourth-order valence-corrected chi connectivity index (χ4v) is 2.34. The first-order valence-electron chi connectivity index (χ1n) is 7.94. The van der Waals surface area contributed by atoms with Crippen molar-refractivity contribution < 1.29 is 18.7 Å². The molecular formula is C18H16F2N4O2. The lowest BCUT2D eigenvalue weighted by molar-refractivity contribution is 0.0951. The molecule has 1 aromatic carbocycles. The number of rotatable bonds is 6. The third kappa shape index (κ3) is 3.92. The lowest BCUT2D eigenvalue weighted by Gasteiger charge is -2.04. The number of hydrogen-bond acceptors (Lipinski definition) is 4. The zero-order valence-corrected chi connectivity index (χ0v) is 13.7. The van der Waals surface area contributed by atoms with Crippen molar-refractivity contribution in [3.05, 3.63) is 66.1 Å². The Morgan fingerprint density at radius 3 is 2.73 bits per heavy atom. The van der Waals surface area contributed by atoms with Crippen LogP contribution in [-0.2, 0) is 0 Å². The van der Waals surface area contributed by atoms with Crippen LogP contribution in [0.5, 0.6) is 0 Å². The van der Waals surface area contributed by atoms with E-state index in [9.17, 15) is 13.6 Å². The van der Waals surface area contributed by atoms with E-state index >= 15 is 0 Å². The summed E-state index contributed by atoms with van der Waals surface area (Å²) in [4.78, 5) is 16.1. The van der Waals surface area contributed by atoms with E-state index < -0.39 is 11.6 Å². The van der Waals surface area contributed by atoms with Crippen LogP contribution in [0.4, 0.5) is 8.78 Å². The Kier molecular flexibility index (Phi) is 5.33. The molecule has 0 unspecified atom stereocenters. The largest absolute Gasteiger partial charge is 0.396 e. The first kappa shape index (κ1) is 17.7. The van der Waals surface area contributed by atoms with Crippen LogP contribution in [0.25, 0.3) is 16.9 Å². The molecule has 8 heteroatoms. The van der Waals surface area contributed by atoms with E-state index in [4.69, 9.17) is 5.11 Å². The monoisotopic (exact) mass is 358 g/mol. The molecule has 2 heterocycles. The number of benzene rings is 1. The first-order chi connectivity index (χ1) is 12.6. The molecule has 134 valence electrons. The van der Waals surface area contributed by atoms with Crippen LogP contribution >= 0.6 is 0 Å². The molecule has 0 aliphatic carbocycles. The minimum Gasteiger partial charge on any atom is -0.396 e. The van der Waals surface area contributed by atoms with Gasteiger partial charge in [-0.3, -0.25) is 9.78 Å². The molecule has 1 amide bonds. The predicted molar refractivity (Wildman–Crippen MR) is 90.7 cm³/mol. The molecule has 0 spiro atoms. The van der Waals surface area contributed by atoms with E-state index in [0.29, 0.717) is 29.8 Å². The molecule has 0 saturated heterocycles. The van der Waals surface area contributed by atoms with E-state index in [1.807, 2.05) is 0 Å². The van der Waals surface area contributed by atoms with Gasteiger partial charge in [-0.2, -0.15) is 5.10 Å². The van der Waals surface area contributed by atoms with Crippen LogP contribution in [-0.4, -0.2) is 38.9 Å². The molecule has 2 aromatic heterocycles. The van der Waals surface area contributed by atoms with E-state index in [0.717, 1.165) is 12.1 Å². The normalized spacial score (nSPS) is 10.7. The fourth-order valence-electron chi connectivity index (χ4n) is 2.34. The average molecular weight is 358 g/mol. The number of amides is 1. The lowest BCUT2D eigenvalue weighted by atomic mass is 10.2. The van der Waals surface area contributed by atoms with Gasteiger partial charge in [-0.1, -0.05) is 0 Å². The van der Waals surface area contributed by atoms with Gasteiger partial charge in [0.15, 0.2) is 5.82 Å². The van der Waals surface area contributed by atoms with Crippen LogP contribution < -0.4 is 5.32 Å². The van der Waals surface area contributed by atoms with Crippen molar-refractivity contribution in [2.75, 3.05) is 13.2 Å². The van der Waals surface area contributed by atoms with Gasteiger partial charge in [0.05, 0.1) is 17.5 Å². The molecular weight excluding hydrogens is 342 g/mol. The van der Waals surface area contributed by atoms with Gasteiger partial charge in [0.2, 0.25) is 0 Å². The summed E-state index contributed by atoms with van der Waals surface area (Å²) in [5, 5.41) is 15.5. The first-order valence-corrected chi connectivity index (χ1v) is 7.94. The highest BCUT2D eigenvalue weighted by atomic mass is 19.1. The summed E-state index contributed by atoms with van der Waals surface area (Å²) in [6, 6.07) is 6.52. The Balaban J connectivity index is 1.76. The standard InChI is InChI=1S/C18H16F2N4O2/c19-14-3-5-17(15(20)8-14)24-11-13(10-23-24)16-4-2-12(9-22-16)18(26)21-6-1-7-25/h2-5,8-11,25H,1,6-7H2,(H,21,26). The average Bonchev–Trinajstić information content (AvgIpc) is 3.12. The van der Waals surface area contributed by atoms with Crippen LogP contribution in [0.3, 0.4) is 0 Å². The topological polar surface area (TPSA) is 80.0 Å². The Hall–Kier alpha value is -3.13. The fraction of sp³-hybridized carbons (Fsp3) is 0.167. The van der Waals surface area contributed by atoms with Crippen molar-refractivity contribution in [3.8, 4) is 16.9 Å². The van der Waals surface area contributed by atoms with Crippen LogP contribution in [0, 0.1) is 11.6 Å². The van der Waals surface area contributed by atoms with Gasteiger partial charge in [-0.15, -0.1) is 0 Å². The molecule has 6 nitrogen and oxygen atoms in total. The molecule has 0 fully saturated rings. The number of nitrogens with one attached hydrogen (secondary N) is 1. The molecule has 0 aliphatic heterocycles. The highest BCUT2D eigenvalue weighted by molar-refractivity contribution is 5.94. The second-order valence-corrected chi connectivity index (χ2v) is 5.53. The predicted octanol–water partition coefficient (Wildman–Crippen LogP) is 2.32. The molecule has 0 saturated carbocycles. The van der Waals surface area contributed by atoms with Crippen molar-refractivity contribution in [2.45, 2.75) is 6.42 Å². The maximum atomic E-state index is 13.8. The summed E-state index contributed by atoms with van der Waals surface area (Å²) in [6.07, 6.45) is 4.99. The van der Waals surface area contributed by atoms with E-state index in [2.05, 4.69) is 15.4 Å². The number of hydrogen-bond donors (Lipinski definition) is 2. The molecule has 2 N–H and O–H groups in total. The zero-order chi connectivity index (χ0) is 18.5. The van der Waals surface area contributed by atoms with Gasteiger partial charge in [-0.25, -0.2) is 13.5 Å². The Bertz CT molecular complexity index is 910. The molecule has 0 bridgehead atoms. The van der Waals surface area contributed by atoms with Gasteiger partial charge in [0.1, 0.15) is 11.5 Å². The SMILES string of the molecule is O=C(NCCCO)c1ccc(-c2cnn(-c3ccc(F)cc3F)c2)nc1. The van der Waals surface area contributed by atoms with Gasteiger partial charge < -0.3 is 10.4 Å². The molecule has 0 aliphatic rings. The van der Waals surface area contributed by atoms with E-state index in [-0.39, 0.29) is 18.2 Å². The quantitative estimate of drug-likeness (QED) is 0.663. The highest BCUT2D eigenvalue weighted by Gasteiger charge is 2.11. The van der Waals surface area contributed by atoms with Gasteiger partial charge >= 0.3 is 0 Å². The van der Waals surface area contributed by atoms with Gasteiger partial charge in [-0.05, 0) is 30.7 Å². The van der Waals surface area contributed by atoms with Crippen molar-refractivity contribution in [1.29, 1.82) is 0 Å². The summed E-state index contributed by atoms with van der Waals surface area (Å²) in [7, 11) is 0. The number of aliphatic hydroxyl groups excluding tert-OH is 1. The second kappa shape index (κ2) is 7.83. The Labute approximate surface area is 148 Å². The summed E-state index contributed by atoms with van der Waals surface area (Å²) >= 11 is 0. The number of aromatic nitrogens is 3. The third-order valence-corrected chi connectivity index (χ3v) is 3.68. The van der Waals surface area contributed by atoms with E-state index in [1.54, 1.807) is 18.3 Å². The van der Waals surface area contributed by atoms with Crippen LogP contribution in [0.2, 0.25) is 0 Å². The number of halogens is 2. The maximum Gasteiger partial charge on any atom is 0.252 e. The third-order valence-electron chi connectivity index (χ3n) is 3.68. The van der Waals surface area contributed by atoms with Crippen molar-refractivity contribution in [1.82, 2.24) is 20.1 Å². The molecule has 26 heavy (non-hydrogen) atoms. The van der Waals surface area contributed by atoms with Crippen LogP contribution in [0.15, 0.2) is 48.9 Å². The Morgan fingerprint density at radius 1 is 1.19 bits per heavy atom. The van der Waals surface area contributed by atoms with Crippen molar-refractivity contribution >= 4 is 5.91 Å². The minimum atomic E-state index is -0.720. The molecule has 3 aromatic rings. The summed E-state index contributed by atoms with van der Waals surface area (Å²) in [6.45, 7) is 0.392. The number of carbonyl (C=O) groups excluding carboxylic acids is 1. The number of nitrogens with zero attached hydrogens (tertiary/aromatic N) is 3. The van der Waals surface area contributed by atoms with Crippen molar-refractivity contribution in [3.63, 3.8) is 0 Å². The smallest absolute Gasteiger partial charge is 0.252 e. The summed E-state index contributed by atoms with van der Waals surface area (Å²) in [5.74, 6) is -1.66. The molecule has 0 radical (unpaired) electrons. The highest BCUT2D eigenvalue weighted by Crippen LogP contribution is 2.20. The lowest BCUT2D eigenvalue weighted by Crippen LogP contribution is -2.25. The summed E-state index contributed by atoms with van der Waals surface area (Å²) < 4.78 is 28.1. The molecule has 0 atom stereocenters. The Morgan fingerprint density at radius 2 is 2.04 bits per heavy atom. The zero-order valence-electron chi connectivity index (χ0n) is 13.7. The molecule has 3 rings (SSSR count). The second-order valence-electron chi connectivity index (χ2n) is 5.53. The number of carbonyl (C=O) groups is 1. The summed E-state index contributed by atoms with van der Waals surface area (Å²) in [5.41, 5.74) is 1.70. The van der Waals surface area contributed by atoms with E-state index in [1.165, 1.54) is 23.1 Å². The number of pyridine rings is 1.